The zero-order valence-corrected chi connectivity index (χ0v) is 8.32. The first-order chi connectivity index (χ1) is 6.15. The third kappa shape index (κ3) is 4.68. The summed E-state index contributed by atoms with van der Waals surface area (Å²) in [4.78, 5) is 11.1. The second-order valence-corrected chi connectivity index (χ2v) is 3.01. The van der Waals surface area contributed by atoms with Crippen LogP contribution in [0.1, 0.15) is 26.2 Å². The first kappa shape index (κ1) is 12.2. The Hall–Kier alpha value is -0.830. The van der Waals surface area contributed by atoms with Crippen molar-refractivity contribution in [3.8, 4) is 0 Å². The molecular formula is C10H18O3. The fourth-order valence-electron chi connectivity index (χ4n) is 1.15. The van der Waals surface area contributed by atoms with Gasteiger partial charge in [0.25, 0.3) is 0 Å². The van der Waals surface area contributed by atoms with Gasteiger partial charge in [0.1, 0.15) is 0 Å². The Kier molecular flexibility index (Phi) is 6.24. The predicted molar refractivity (Wildman–Crippen MR) is 51.2 cm³/mol. The van der Waals surface area contributed by atoms with Crippen molar-refractivity contribution < 1.29 is 14.6 Å². The van der Waals surface area contributed by atoms with E-state index in [0.717, 1.165) is 6.42 Å². The number of aliphatic hydroxyl groups excluding tert-OH is 1. The topological polar surface area (TPSA) is 46.5 Å². The molecule has 0 amide bonds. The Morgan fingerprint density at radius 2 is 2.23 bits per heavy atom. The van der Waals surface area contributed by atoms with Gasteiger partial charge in [-0.1, -0.05) is 13.0 Å². The summed E-state index contributed by atoms with van der Waals surface area (Å²) >= 11 is 0. The molecule has 13 heavy (non-hydrogen) atoms. The minimum atomic E-state index is -0.515. The Balaban J connectivity index is 3.84. The smallest absolute Gasteiger partial charge is 0.308 e. The first-order valence-corrected chi connectivity index (χ1v) is 4.54. The summed E-state index contributed by atoms with van der Waals surface area (Å²) in [6.45, 7) is 5.40. The summed E-state index contributed by atoms with van der Waals surface area (Å²) in [5.41, 5.74) is 0. The molecule has 0 bridgehead atoms. The van der Waals surface area contributed by atoms with E-state index in [2.05, 4.69) is 11.3 Å². The first-order valence-electron chi connectivity index (χ1n) is 4.54. The largest absolute Gasteiger partial charge is 0.469 e. The lowest BCUT2D eigenvalue weighted by Gasteiger charge is -2.13. The number of methoxy groups -OCH3 is 1. The van der Waals surface area contributed by atoms with Gasteiger partial charge in [-0.3, -0.25) is 4.79 Å². The molecule has 76 valence electrons. The van der Waals surface area contributed by atoms with Crippen LogP contribution in [0.4, 0.5) is 0 Å². The second kappa shape index (κ2) is 6.66. The third-order valence-electron chi connectivity index (χ3n) is 2.11. The van der Waals surface area contributed by atoms with Gasteiger partial charge in [0.05, 0.1) is 19.1 Å². The molecule has 0 radical (unpaired) electrons. The molecule has 2 unspecified atom stereocenters. The van der Waals surface area contributed by atoms with Crippen molar-refractivity contribution in [2.45, 2.75) is 32.3 Å². The van der Waals surface area contributed by atoms with Gasteiger partial charge in [0, 0.05) is 0 Å². The second-order valence-electron chi connectivity index (χ2n) is 3.01. The Bertz CT molecular complexity index is 166. The number of esters is 1. The standard InChI is InChI=1S/C10H18O3/c1-4-8(10(12)13-3)6-7-9(11)5-2/h5,8-9,11H,2,4,6-7H2,1,3H3. The van der Waals surface area contributed by atoms with Crippen molar-refractivity contribution in [2.24, 2.45) is 5.92 Å². The fourth-order valence-corrected chi connectivity index (χ4v) is 1.15. The van der Waals surface area contributed by atoms with Gasteiger partial charge in [-0.25, -0.2) is 0 Å². The number of carbonyl (C=O) groups is 1. The highest BCUT2D eigenvalue weighted by Crippen LogP contribution is 2.14. The van der Waals surface area contributed by atoms with E-state index in [-0.39, 0.29) is 11.9 Å². The highest BCUT2D eigenvalue weighted by molar-refractivity contribution is 5.72. The van der Waals surface area contributed by atoms with Crippen molar-refractivity contribution >= 4 is 5.97 Å². The van der Waals surface area contributed by atoms with Crippen molar-refractivity contribution in [1.82, 2.24) is 0 Å². The monoisotopic (exact) mass is 186 g/mol. The minimum Gasteiger partial charge on any atom is -0.469 e. The number of ether oxygens (including phenoxy) is 1. The summed E-state index contributed by atoms with van der Waals surface area (Å²) in [5, 5.41) is 9.19. The molecule has 0 heterocycles. The lowest BCUT2D eigenvalue weighted by Crippen LogP contribution is -2.17. The molecule has 0 aromatic carbocycles. The van der Waals surface area contributed by atoms with E-state index < -0.39 is 6.10 Å². The molecule has 3 heteroatoms. The van der Waals surface area contributed by atoms with Gasteiger partial charge in [0.15, 0.2) is 0 Å². The lowest BCUT2D eigenvalue weighted by molar-refractivity contribution is -0.145. The zero-order valence-electron chi connectivity index (χ0n) is 8.32. The van der Waals surface area contributed by atoms with Crippen LogP contribution in [0.15, 0.2) is 12.7 Å². The van der Waals surface area contributed by atoms with Crippen molar-refractivity contribution in [2.75, 3.05) is 7.11 Å². The maximum Gasteiger partial charge on any atom is 0.308 e. The third-order valence-corrected chi connectivity index (χ3v) is 2.11. The van der Waals surface area contributed by atoms with Crippen molar-refractivity contribution in [3.63, 3.8) is 0 Å². The van der Waals surface area contributed by atoms with Crippen LogP contribution in [-0.4, -0.2) is 24.3 Å². The van der Waals surface area contributed by atoms with Crippen LogP contribution < -0.4 is 0 Å². The van der Waals surface area contributed by atoms with E-state index in [1.807, 2.05) is 6.92 Å². The summed E-state index contributed by atoms with van der Waals surface area (Å²) in [6.07, 6.45) is 2.92. The van der Waals surface area contributed by atoms with Crippen molar-refractivity contribution in [1.29, 1.82) is 0 Å². The van der Waals surface area contributed by atoms with Crippen LogP contribution in [0.3, 0.4) is 0 Å². The maximum atomic E-state index is 11.1. The SMILES string of the molecule is C=CC(O)CCC(CC)C(=O)OC. The van der Waals surface area contributed by atoms with E-state index in [1.54, 1.807) is 0 Å². The van der Waals surface area contributed by atoms with Crippen LogP contribution in [0, 0.1) is 5.92 Å². The highest BCUT2D eigenvalue weighted by atomic mass is 16.5. The van der Waals surface area contributed by atoms with Gasteiger partial charge in [-0.15, -0.1) is 6.58 Å². The molecule has 0 aliphatic heterocycles. The number of aliphatic hydroxyl groups is 1. The lowest BCUT2D eigenvalue weighted by atomic mass is 9.98. The van der Waals surface area contributed by atoms with Gasteiger partial charge in [-0.2, -0.15) is 0 Å². The van der Waals surface area contributed by atoms with Crippen LogP contribution >= 0.6 is 0 Å². The number of hydrogen-bond acceptors (Lipinski definition) is 3. The molecule has 2 atom stereocenters. The van der Waals surface area contributed by atoms with Crippen LogP contribution in [0.2, 0.25) is 0 Å². The Morgan fingerprint density at radius 3 is 2.62 bits per heavy atom. The van der Waals surface area contributed by atoms with E-state index in [9.17, 15) is 9.90 Å². The average Bonchev–Trinajstić information content (AvgIpc) is 2.17. The van der Waals surface area contributed by atoms with E-state index in [0.29, 0.717) is 12.8 Å². The number of rotatable bonds is 6. The molecule has 0 saturated heterocycles. The molecule has 0 aromatic rings. The van der Waals surface area contributed by atoms with E-state index >= 15 is 0 Å². The van der Waals surface area contributed by atoms with E-state index in [4.69, 9.17) is 0 Å². The van der Waals surface area contributed by atoms with Gasteiger partial charge in [-0.05, 0) is 19.3 Å². The average molecular weight is 186 g/mol. The maximum absolute atomic E-state index is 11.1. The predicted octanol–water partition coefficient (Wildman–Crippen LogP) is 1.51. The van der Waals surface area contributed by atoms with Gasteiger partial charge >= 0.3 is 5.97 Å². The quantitative estimate of drug-likeness (QED) is 0.505. The molecular weight excluding hydrogens is 168 g/mol. The summed E-state index contributed by atoms with van der Waals surface area (Å²) < 4.78 is 4.62. The van der Waals surface area contributed by atoms with Crippen LogP contribution in [-0.2, 0) is 9.53 Å². The fraction of sp³-hybridized carbons (Fsp3) is 0.700. The van der Waals surface area contributed by atoms with Gasteiger partial charge in [0.2, 0.25) is 0 Å². The molecule has 0 aliphatic carbocycles. The molecule has 0 fully saturated rings. The van der Waals surface area contributed by atoms with Crippen molar-refractivity contribution in [3.05, 3.63) is 12.7 Å². The molecule has 0 rings (SSSR count). The zero-order chi connectivity index (χ0) is 10.3. The Labute approximate surface area is 79.4 Å². The van der Waals surface area contributed by atoms with Gasteiger partial charge < -0.3 is 9.84 Å². The highest BCUT2D eigenvalue weighted by Gasteiger charge is 2.17. The minimum absolute atomic E-state index is 0.0976. The number of carbonyl (C=O) groups excluding carboxylic acids is 1. The Morgan fingerprint density at radius 1 is 1.62 bits per heavy atom. The normalized spacial score (nSPS) is 14.7. The summed E-state index contributed by atoms with van der Waals surface area (Å²) in [7, 11) is 1.38. The summed E-state index contributed by atoms with van der Waals surface area (Å²) in [6, 6.07) is 0. The molecule has 0 spiro atoms. The molecule has 0 aliphatic rings. The number of hydrogen-bond donors (Lipinski definition) is 1. The summed E-state index contributed by atoms with van der Waals surface area (Å²) in [5.74, 6) is -0.293. The molecule has 0 saturated carbocycles. The molecule has 1 N–H and O–H groups in total. The van der Waals surface area contributed by atoms with E-state index in [1.165, 1.54) is 13.2 Å². The molecule has 3 nitrogen and oxygen atoms in total. The van der Waals surface area contributed by atoms with Crippen LogP contribution in [0.5, 0.6) is 0 Å². The van der Waals surface area contributed by atoms with Crippen LogP contribution in [0.25, 0.3) is 0 Å². The molecule has 0 aromatic heterocycles.